The van der Waals surface area contributed by atoms with Crippen molar-refractivity contribution in [2.24, 2.45) is 0 Å². The van der Waals surface area contributed by atoms with Crippen LogP contribution < -0.4 is 10.6 Å². The van der Waals surface area contributed by atoms with Crippen LogP contribution >= 0.6 is 11.6 Å². The molecule has 0 radical (unpaired) electrons. The number of carbonyl (C=O) groups is 1. The normalized spacial score (nSPS) is 10.0. The summed E-state index contributed by atoms with van der Waals surface area (Å²) in [4.78, 5) is 15.8. The molecule has 98 valence electrons. The van der Waals surface area contributed by atoms with Gasteiger partial charge in [-0.2, -0.15) is 0 Å². The van der Waals surface area contributed by atoms with Gasteiger partial charge in [0.1, 0.15) is 5.82 Å². The third-order valence-corrected chi connectivity index (χ3v) is 2.61. The van der Waals surface area contributed by atoms with Crippen molar-refractivity contribution in [3.63, 3.8) is 0 Å². The Morgan fingerprint density at radius 2 is 2.11 bits per heavy atom. The van der Waals surface area contributed by atoms with Crippen molar-refractivity contribution in [3.8, 4) is 0 Å². The van der Waals surface area contributed by atoms with Crippen LogP contribution in [0.2, 0.25) is 5.02 Å². The summed E-state index contributed by atoms with van der Waals surface area (Å²) in [5, 5.41) is 14.9. The maximum atomic E-state index is 11.8. The second-order valence-corrected chi connectivity index (χ2v) is 4.20. The maximum absolute atomic E-state index is 11.8. The van der Waals surface area contributed by atoms with E-state index in [1.807, 2.05) is 0 Å². The van der Waals surface area contributed by atoms with Crippen LogP contribution in [-0.2, 0) is 6.61 Å². The van der Waals surface area contributed by atoms with Crippen LogP contribution in [0.5, 0.6) is 0 Å². The van der Waals surface area contributed by atoms with Gasteiger partial charge in [0.25, 0.3) is 0 Å². The lowest BCUT2D eigenvalue weighted by Crippen LogP contribution is -2.21. The molecule has 5 nitrogen and oxygen atoms in total. The van der Waals surface area contributed by atoms with Crippen molar-refractivity contribution in [2.45, 2.75) is 6.61 Å². The Labute approximate surface area is 115 Å². The summed E-state index contributed by atoms with van der Waals surface area (Å²) < 4.78 is 0. The van der Waals surface area contributed by atoms with Crippen molar-refractivity contribution in [1.82, 2.24) is 4.98 Å². The van der Waals surface area contributed by atoms with Crippen molar-refractivity contribution in [1.29, 1.82) is 0 Å². The molecule has 0 bridgehead atoms. The fourth-order valence-electron chi connectivity index (χ4n) is 1.51. The Balaban J connectivity index is 2.05. The van der Waals surface area contributed by atoms with Crippen LogP contribution in [0, 0.1) is 0 Å². The molecule has 2 amide bonds. The number of aliphatic hydroxyl groups is 1. The van der Waals surface area contributed by atoms with E-state index in [9.17, 15) is 4.79 Å². The average Bonchev–Trinajstić information content (AvgIpc) is 2.39. The topological polar surface area (TPSA) is 74.2 Å². The quantitative estimate of drug-likeness (QED) is 0.807. The predicted octanol–water partition coefficient (Wildman–Crippen LogP) is 2.87. The van der Waals surface area contributed by atoms with E-state index >= 15 is 0 Å². The summed E-state index contributed by atoms with van der Waals surface area (Å²) in [7, 11) is 0. The van der Waals surface area contributed by atoms with Crippen molar-refractivity contribution < 1.29 is 9.90 Å². The maximum Gasteiger partial charge on any atom is 0.324 e. The number of anilines is 2. The average molecular weight is 278 g/mol. The number of amides is 2. The highest BCUT2D eigenvalue weighted by Gasteiger charge is 2.07. The molecule has 1 aromatic heterocycles. The molecular weight excluding hydrogens is 266 g/mol. The molecule has 3 N–H and O–H groups in total. The summed E-state index contributed by atoms with van der Waals surface area (Å²) in [5.41, 5.74) is 1.12. The van der Waals surface area contributed by atoms with Gasteiger partial charge < -0.3 is 10.4 Å². The first-order valence-corrected chi connectivity index (χ1v) is 5.95. The first-order chi connectivity index (χ1) is 9.19. The molecule has 0 unspecified atom stereocenters. The molecule has 2 aromatic rings. The van der Waals surface area contributed by atoms with Crippen LogP contribution in [0.4, 0.5) is 16.3 Å². The van der Waals surface area contributed by atoms with Gasteiger partial charge in [-0.25, -0.2) is 9.78 Å². The number of halogens is 1. The number of carbonyl (C=O) groups excluding carboxylic acids is 1. The molecule has 1 heterocycles. The Hall–Kier alpha value is -2.11. The number of hydrogen-bond donors (Lipinski definition) is 3. The molecular formula is C13H12ClN3O2. The van der Waals surface area contributed by atoms with Gasteiger partial charge in [0.15, 0.2) is 0 Å². The number of urea groups is 1. The molecule has 0 aliphatic heterocycles. The van der Waals surface area contributed by atoms with Crippen LogP contribution in [0.15, 0.2) is 42.6 Å². The first-order valence-electron chi connectivity index (χ1n) is 5.57. The highest BCUT2D eigenvalue weighted by molar-refractivity contribution is 6.30. The first kappa shape index (κ1) is 13.3. The van der Waals surface area contributed by atoms with E-state index < -0.39 is 6.03 Å². The van der Waals surface area contributed by atoms with E-state index in [-0.39, 0.29) is 6.61 Å². The lowest BCUT2D eigenvalue weighted by atomic mass is 10.3. The zero-order valence-corrected chi connectivity index (χ0v) is 10.7. The highest BCUT2D eigenvalue weighted by Crippen LogP contribution is 2.16. The summed E-state index contributed by atoms with van der Waals surface area (Å²) in [6.45, 7) is -0.194. The van der Waals surface area contributed by atoms with Gasteiger partial charge in [0.2, 0.25) is 0 Å². The second-order valence-electron chi connectivity index (χ2n) is 3.76. The Morgan fingerprint density at radius 1 is 1.26 bits per heavy atom. The lowest BCUT2D eigenvalue weighted by Gasteiger charge is -2.09. The van der Waals surface area contributed by atoms with E-state index in [4.69, 9.17) is 16.7 Å². The summed E-state index contributed by atoms with van der Waals surface area (Å²) in [6, 6.07) is 9.72. The van der Waals surface area contributed by atoms with Crippen LogP contribution in [-0.4, -0.2) is 16.1 Å². The third-order valence-electron chi connectivity index (χ3n) is 2.38. The molecule has 0 atom stereocenters. The molecule has 0 spiro atoms. The zero-order chi connectivity index (χ0) is 13.7. The van der Waals surface area contributed by atoms with Crippen LogP contribution in [0.3, 0.4) is 0 Å². The zero-order valence-electron chi connectivity index (χ0n) is 9.93. The molecule has 0 saturated carbocycles. The largest absolute Gasteiger partial charge is 0.392 e. The fraction of sp³-hybridized carbons (Fsp3) is 0.0769. The number of rotatable bonds is 3. The molecule has 0 fully saturated rings. The minimum atomic E-state index is -0.448. The predicted molar refractivity (Wildman–Crippen MR) is 74.3 cm³/mol. The minimum Gasteiger partial charge on any atom is -0.392 e. The molecule has 1 aromatic carbocycles. The van der Waals surface area contributed by atoms with E-state index in [2.05, 4.69) is 15.6 Å². The molecule has 6 heteroatoms. The van der Waals surface area contributed by atoms with Gasteiger partial charge in [-0.15, -0.1) is 0 Å². The molecule has 0 aliphatic rings. The molecule has 2 rings (SSSR count). The summed E-state index contributed by atoms with van der Waals surface area (Å²) in [6.07, 6.45) is 1.54. The number of aliphatic hydroxyl groups excluding tert-OH is 1. The van der Waals surface area contributed by atoms with E-state index in [1.54, 1.807) is 36.4 Å². The smallest absolute Gasteiger partial charge is 0.324 e. The van der Waals surface area contributed by atoms with Crippen LogP contribution in [0.25, 0.3) is 0 Å². The SMILES string of the molecule is O=C(Nc1cccc(Cl)c1)Nc1ncccc1CO. The third kappa shape index (κ3) is 3.67. The van der Waals surface area contributed by atoms with Gasteiger partial charge >= 0.3 is 6.03 Å². The summed E-state index contributed by atoms with van der Waals surface area (Å²) >= 11 is 5.82. The van der Waals surface area contributed by atoms with Crippen molar-refractivity contribution in [2.75, 3.05) is 10.6 Å². The monoisotopic (exact) mass is 277 g/mol. The van der Waals surface area contributed by atoms with Gasteiger partial charge in [-0.05, 0) is 24.3 Å². The fourth-order valence-corrected chi connectivity index (χ4v) is 1.71. The molecule has 19 heavy (non-hydrogen) atoms. The van der Waals surface area contributed by atoms with Crippen molar-refractivity contribution in [3.05, 3.63) is 53.2 Å². The number of aromatic nitrogens is 1. The van der Waals surface area contributed by atoms with Crippen molar-refractivity contribution >= 4 is 29.1 Å². The number of pyridine rings is 1. The minimum absolute atomic E-state index is 0.194. The van der Waals surface area contributed by atoms with E-state index in [0.717, 1.165) is 0 Å². The van der Waals surface area contributed by atoms with Gasteiger partial charge in [-0.1, -0.05) is 23.7 Å². The van der Waals surface area contributed by atoms with Gasteiger partial charge in [0, 0.05) is 22.5 Å². The lowest BCUT2D eigenvalue weighted by molar-refractivity contribution is 0.261. The van der Waals surface area contributed by atoms with E-state index in [1.165, 1.54) is 6.20 Å². The van der Waals surface area contributed by atoms with Gasteiger partial charge in [-0.3, -0.25) is 5.32 Å². The number of benzene rings is 1. The summed E-state index contributed by atoms with van der Waals surface area (Å²) in [5.74, 6) is 0.324. The molecule has 0 saturated heterocycles. The Bertz CT molecular complexity index is 590. The number of nitrogens with zero attached hydrogens (tertiary/aromatic N) is 1. The standard InChI is InChI=1S/C13H12ClN3O2/c14-10-4-1-5-11(7-10)16-13(19)17-12-9(8-18)3-2-6-15-12/h1-7,18H,8H2,(H2,15,16,17,19). The van der Waals surface area contributed by atoms with Gasteiger partial charge in [0.05, 0.1) is 6.61 Å². The second kappa shape index (κ2) is 6.17. The Kier molecular flexibility index (Phi) is 4.33. The highest BCUT2D eigenvalue weighted by atomic mass is 35.5. The molecule has 0 aliphatic carbocycles. The van der Waals surface area contributed by atoms with Crippen LogP contribution in [0.1, 0.15) is 5.56 Å². The Morgan fingerprint density at radius 3 is 2.84 bits per heavy atom. The number of nitrogens with one attached hydrogen (secondary N) is 2. The number of hydrogen-bond acceptors (Lipinski definition) is 3. The van der Waals surface area contributed by atoms with E-state index in [0.29, 0.717) is 22.1 Å².